The second kappa shape index (κ2) is 5.46. The molecule has 0 aliphatic carbocycles. The highest BCUT2D eigenvalue weighted by atomic mass is 16.3. The number of nitrogens with one attached hydrogen (secondary N) is 1. The molecule has 3 heteroatoms. The van der Waals surface area contributed by atoms with Gasteiger partial charge in [0.25, 0.3) is 0 Å². The first-order valence-electron chi connectivity index (χ1n) is 6.75. The van der Waals surface area contributed by atoms with Crippen LogP contribution >= 0.6 is 0 Å². The summed E-state index contributed by atoms with van der Waals surface area (Å²) in [7, 11) is 0. The molecule has 0 amide bonds. The van der Waals surface area contributed by atoms with Crippen LogP contribution in [0.25, 0.3) is 11.1 Å². The smallest absolute Gasteiger partial charge is 0.104 e. The molecule has 100 valence electrons. The molecule has 1 fully saturated rings. The molecule has 20 heavy (non-hydrogen) atoms. The van der Waals surface area contributed by atoms with Crippen LogP contribution in [0.1, 0.15) is 11.5 Å². The molecule has 0 bridgehead atoms. The zero-order chi connectivity index (χ0) is 13.9. The van der Waals surface area contributed by atoms with E-state index in [2.05, 4.69) is 47.8 Å². The molecule has 0 unspecified atom stereocenters. The molecule has 1 saturated heterocycles. The number of nitrogens with zero attached hydrogens (tertiary/aromatic N) is 1. The third kappa shape index (κ3) is 2.20. The normalized spacial score (nSPS) is 24.7. The Labute approximate surface area is 118 Å². The van der Waals surface area contributed by atoms with Crippen molar-refractivity contribution < 1.29 is 5.11 Å². The van der Waals surface area contributed by atoms with Gasteiger partial charge in [0.05, 0.1) is 12.7 Å². The summed E-state index contributed by atoms with van der Waals surface area (Å²) in [5.74, 6) is 0.0785. The topological polar surface area (TPSA) is 56.0 Å². The van der Waals surface area contributed by atoms with Crippen molar-refractivity contribution in [2.45, 2.75) is 18.0 Å². The molecule has 2 N–H and O–H groups in total. The van der Waals surface area contributed by atoms with Gasteiger partial charge in [-0.3, -0.25) is 5.32 Å². The third-order valence-corrected chi connectivity index (χ3v) is 3.92. The highest BCUT2D eigenvalue weighted by Gasteiger charge is 2.40. The fourth-order valence-electron chi connectivity index (χ4n) is 2.79. The monoisotopic (exact) mass is 264 g/mol. The summed E-state index contributed by atoms with van der Waals surface area (Å²) in [5, 5.41) is 21.4. The molecule has 1 aliphatic rings. The largest absolute Gasteiger partial charge is 0.395 e. The fourth-order valence-corrected chi connectivity index (χ4v) is 2.79. The average Bonchev–Trinajstić information content (AvgIpc) is 2.49. The van der Waals surface area contributed by atoms with Gasteiger partial charge in [-0.1, -0.05) is 54.6 Å². The lowest BCUT2D eigenvalue weighted by atomic mass is 9.78. The molecule has 0 saturated carbocycles. The minimum atomic E-state index is -0.199. The van der Waals surface area contributed by atoms with E-state index in [1.54, 1.807) is 0 Å². The van der Waals surface area contributed by atoms with E-state index >= 15 is 0 Å². The van der Waals surface area contributed by atoms with E-state index in [1.807, 2.05) is 18.2 Å². The van der Waals surface area contributed by atoms with Gasteiger partial charge in [0.2, 0.25) is 0 Å². The molecular formula is C17H16N2O. The van der Waals surface area contributed by atoms with Crippen LogP contribution in [0.2, 0.25) is 0 Å². The van der Waals surface area contributed by atoms with Crippen molar-refractivity contribution in [1.29, 1.82) is 5.26 Å². The van der Waals surface area contributed by atoms with Crippen molar-refractivity contribution in [3.05, 3.63) is 60.2 Å². The Hall–Kier alpha value is -2.15. The van der Waals surface area contributed by atoms with E-state index in [1.165, 1.54) is 5.56 Å². The number of hydrogen-bond donors (Lipinski definition) is 2. The van der Waals surface area contributed by atoms with Gasteiger partial charge in [-0.2, -0.15) is 5.26 Å². The highest BCUT2D eigenvalue weighted by Crippen LogP contribution is 2.32. The highest BCUT2D eigenvalue weighted by molar-refractivity contribution is 5.63. The van der Waals surface area contributed by atoms with E-state index in [-0.39, 0.29) is 24.6 Å². The number of benzene rings is 2. The quantitative estimate of drug-likeness (QED) is 0.894. The molecule has 2 aromatic carbocycles. The van der Waals surface area contributed by atoms with Gasteiger partial charge in [0.1, 0.15) is 6.04 Å². The SMILES string of the molecule is N#C[C@H]1N[C@@H](CO)[C@@H]1c1ccc(-c2ccccc2)cc1. The first-order valence-corrected chi connectivity index (χ1v) is 6.75. The summed E-state index contributed by atoms with van der Waals surface area (Å²) in [4.78, 5) is 0. The zero-order valence-corrected chi connectivity index (χ0v) is 11.0. The van der Waals surface area contributed by atoms with Gasteiger partial charge in [-0.15, -0.1) is 0 Å². The van der Waals surface area contributed by atoms with Crippen molar-refractivity contribution in [3.63, 3.8) is 0 Å². The van der Waals surface area contributed by atoms with E-state index in [4.69, 9.17) is 5.26 Å². The summed E-state index contributed by atoms with van der Waals surface area (Å²) >= 11 is 0. The van der Waals surface area contributed by atoms with Gasteiger partial charge in [-0.05, 0) is 16.7 Å². The van der Waals surface area contributed by atoms with Gasteiger partial charge >= 0.3 is 0 Å². The number of rotatable bonds is 3. The number of hydrogen-bond acceptors (Lipinski definition) is 3. The van der Waals surface area contributed by atoms with Crippen LogP contribution in [0.3, 0.4) is 0 Å². The number of aliphatic hydroxyl groups is 1. The lowest BCUT2D eigenvalue weighted by molar-refractivity contribution is 0.151. The first kappa shape index (κ1) is 12.9. The van der Waals surface area contributed by atoms with Crippen molar-refractivity contribution in [1.82, 2.24) is 5.32 Å². The van der Waals surface area contributed by atoms with Gasteiger partial charge in [0, 0.05) is 12.0 Å². The Bertz CT molecular complexity index is 616. The van der Waals surface area contributed by atoms with E-state index in [9.17, 15) is 5.11 Å². The average molecular weight is 264 g/mol. The van der Waals surface area contributed by atoms with Crippen LogP contribution in [0.4, 0.5) is 0 Å². The molecule has 0 aromatic heterocycles. The molecule has 3 atom stereocenters. The Kier molecular flexibility index (Phi) is 3.51. The van der Waals surface area contributed by atoms with Crippen LogP contribution in [-0.4, -0.2) is 23.8 Å². The molecule has 0 spiro atoms. The van der Waals surface area contributed by atoms with E-state index < -0.39 is 0 Å². The molecule has 1 aliphatic heterocycles. The summed E-state index contributed by atoms with van der Waals surface area (Å²) < 4.78 is 0. The van der Waals surface area contributed by atoms with Crippen LogP contribution in [0.15, 0.2) is 54.6 Å². The van der Waals surface area contributed by atoms with Gasteiger partial charge < -0.3 is 5.11 Å². The zero-order valence-electron chi connectivity index (χ0n) is 11.0. The van der Waals surface area contributed by atoms with Crippen molar-refractivity contribution >= 4 is 0 Å². The Morgan fingerprint density at radius 2 is 1.65 bits per heavy atom. The van der Waals surface area contributed by atoms with Crippen molar-refractivity contribution in [2.24, 2.45) is 0 Å². The fraction of sp³-hybridized carbons (Fsp3) is 0.235. The molecule has 0 radical (unpaired) electrons. The van der Waals surface area contributed by atoms with Gasteiger partial charge in [0.15, 0.2) is 0 Å². The van der Waals surface area contributed by atoms with Crippen LogP contribution in [0.5, 0.6) is 0 Å². The maximum atomic E-state index is 9.29. The Balaban J connectivity index is 1.85. The second-order valence-corrected chi connectivity index (χ2v) is 5.08. The molecule has 3 rings (SSSR count). The maximum absolute atomic E-state index is 9.29. The van der Waals surface area contributed by atoms with Crippen LogP contribution in [-0.2, 0) is 0 Å². The van der Waals surface area contributed by atoms with Crippen LogP contribution < -0.4 is 5.32 Å². The predicted molar refractivity (Wildman–Crippen MR) is 78.0 cm³/mol. The lowest BCUT2D eigenvalue weighted by Crippen LogP contribution is -2.60. The summed E-state index contributed by atoms with van der Waals surface area (Å²) in [6, 6.07) is 20.5. The Morgan fingerprint density at radius 1 is 1.00 bits per heavy atom. The Morgan fingerprint density at radius 3 is 2.25 bits per heavy atom. The number of aliphatic hydroxyl groups excluding tert-OH is 1. The van der Waals surface area contributed by atoms with Gasteiger partial charge in [-0.25, -0.2) is 0 Å². The number of nitriles is 1. The molecular weight excluding hydrogens is 248 g/mol. The van der Waals surface area contributed by atoms with E-state index in [0.717, 1.165) is 11.1 Å². The maximum Gasteiger partial charge on any atom is 0.104 e. The van der Waals surface area contributed by atoms with Crippen molar-refractivity contribution in [2.75, 3.05) is 6.61 Å². The second-order valence-electron chi connectivity index (χ2n) is 5.08. The molecule has 3 nitrogen and oxygen atoms in total. The summed E-state index contributed by atoms with van der Waals surface area (Å²) in [6.07, 6.45) is 0. The third-order valence-electron chi connectivity index (χ3n) is 3.92. The van der Waals surface area contributed by atoms with Crippen molar-refractivity contribution in [3.8, 4) is 17.2 Å². The lowest BCUT2D eigenvalue weighted by Gasteiger charge is -2.41. The van der Waals surface area contributed by atoms with E-state index in [0.29, 0.717) is 0 Å². The summed E-state index contributed by atoms with van der Waals surface area (Å²) in [5.41, 5.74) is 3.45. The minimum absolute atomic E-state index is 0.0118. The predicted octanol–water partition coefficient (Wildman–Crippen LogP) is 2.29. The minimum Gasteiger partial charge on any atom is -0.395 e. The summed E-state index contributed by atoms with van der Waals surface area (Å²) in [6.45, 7) is 0.0588. The standard InChI is InChI=1S/C17H16N2O/c18-10-15-17(16(11-20)19-15)14-8-6-13(7-9-14)12-4-2-1-3-5-12/h1-9,15-17,19-20H,11H2/t15-,16+,17-/m1/s1. The van der Waals surface area contributed by atoms with Crippen LogP contribution in [0, 0.1) is 11.3 Å². The molecule has 2 aromatic rings. The molecule has 1 heterocycles. The first-order chi connectivity index (χ1) is 9.83.